The molecule has 3 nitrogen and oxygen atoms in total. The molecule has 13 heteroatoms. The fraction of sp³-hybridized carbons (Fsp3) is 0. The molecule has 0 spiro atoms. The van der Waals surface area contributed by atoms with E-state index in [1.807, 2.05) is 0 Å². The van der Waals surface area contributed by atoms with Crippen molar-refractivity contribution in [2.24, 2.45) is 5.10 Å². The van der Waals surface area contributed by atoms with Gasteiger partial charge in [-0.25, -0.2) is 44.5 Å². The van der Waals surface area contributed by atoms with Crippen molar-refractivity contribution in [3.63, 3.8) is 0 Å². The summed E-state index contributed by atoms with van der Waals surface area (Å²) in [6.07, 6.45) is 0. The number of hydrogen-bond donors (Lipinski definition) is 0. The second-order valence-corrected chi connectivity index (χ2v) is 10.5. The third kappa shape index (κ3) is 3.47. The van der Waals surface area contributed by atoms with Gasteiger partial charge < -0.3 is 4.57 Å². The van der Waals surface area contributed by atoms with Gasteiger partial charge in [-0.05, 0) is 12.1 Å². The van der Waals surface area contributed by atoms with Crippen LogP contribution in [0.4, 0.5) is 50.9 Å². The average molecular weight is 556 g/mol. The normalized spacial score (nSPS) is 16.9. The zero-order valence-corrected chi connectivity index (χ0v) is 19.3. The number of rotatable bonds is 3. The van der Waals surface area contributed by atoms with Crippen LogP contribution in [0.3, 0.4) is 0 Å². The Morgan fingerprint density at radius 1 is 0.526 bits per heavy atom. The number of anilines is 2. The molecule has 1 heterocycles. The van der Waals surface area contributed by atoms with Crippen molar-refractivity contribution in [1.82, 2.24) is 0 Å². The molecule has 4 aromatic rings. The molecule has 0 N–H and O–H groups in total. The molecular formula is C25H10F9N2OP. The van der Waals surface area contributed by atoms with Crippen LogP contribution in [-0.4, -0.2) is 5.45 Å². The average Bonchev–Trinajstić information content (AvgIpc) is 2.93. The van der Waals surface area contributed by atoms with Crippen molar-refractivity contribution < 1.29 is 44.1 Å². The molecule has 1 aliphatic heterocycles. The summed E-state index contributed by atoms with van der Waals surface area (Å²) in [6, 6.07) is 13.1. The van der Waals surface area contributed by atoms with E-state index in [2.05, 4.69) is 5.10 Å². The first kappa shape index (κ1) is 25.6. The van der Waals surface area contributed by atoms with E-state index >= 15 is 17.6 Å². The molecule has 0 saturated carbocycles. The van der Waals surface area contributed by atoms with Gasteiger partial charge in [-0.15, -0.1) is 0 Å². The smallest absolute Gasteiger partial charge is 0.202 e. The molecule has 0 radical (unpaired) electrons. The molecule has 4 aromatic carbocycles. The number of benzene rings is 4. The van der Waals surface area contributed by atoms with Gasteiger partial charge in [0.1, 0.15) is 11.1 Å². The maximum Gasteiger partial charge on any atom is 0.202 e. The van der Waals surface area contributed by atoms with Gasteiger partial charge in [0.05, 0.1) is 16.3 Å². The van der Waals surface area contributed by atoms with Crippen LogP contribution in [0.15, 0.2) is 65.8 Å². The van der Waals surface area contributed by atoms with Crippen LogP contribution >= 0.6 is 7.14 Å². The Kier molecular flexibility index (Phi) is 6.10. The molecule has 38 heavy (non-hydrogen) atoms. The highest BCUT2D eigenvalue weighted by molar-refractivity contribution is 7.94. The lowest BCUT2D eigenvalue weighted by atomic mass is 10.2. The molecule has 5 rings (SSSR count). The standard InChI is InChI=1S/C25H10F9N2OP/c26-13-15(28)19(32)23(20(33)16(13)29)38(37)24-21(34)17(30)14(27)18(31)22(24)36(12-9-5-2-6-10-12)35-25(38)11-7-3-1-4-8-11/h1-10H. The van der Waals surface area contributed by atoms with Crippen molar-refractivity contribution in [3.05, 3.63) is 119 Å². The predicted octanol–water partition coefficient (Wildman–Crippen LogP) is 6.77. The minimum absolute atomic E-state index is 0.129. The summed E-state index contributed by atoms with van der Waals surface area (Å²) in [4.78, 5) is 0. The second kappa shape index (κ2) is 9.05. The fourth-order valence-electron chi connectivity index (χ4n) is 4.07. The Hall–Kier alpha value is -4.05. The Balaban J connectivity index is 2.04. The number of para-hydroxylation sites is 1. The van der Waals surface area contributed by atoms with E-state index in [-0.39, 0.29) is 11.3 Å². The van der Waals surface area contributed by atoms with Crippen molar-refractivity contribution >= 4 is 34.6 Å². The highest BCUT2D eigenvalue weighted by atomic mass is 31.2. The van der Waals surface area contributed by atoms with Gasteiger partial charge >= 0.3 is 0 Å². The number of nitrogens with zero attached hydrogens (tertiary/aromatic N) is 2. The summed E-state index contributed by atoms with van der Waals surface area (Å²) in [6.45, 7) is 0. The Morgan fingerprint density at radius 2 is 0.947 bits per heavy atom. The molecule has 0 saturated heterocycles. The van der Waals surface area contributed by atoms with Gasteiger partial charge in [0.15, 0.2) is 46.5 Å². The van der Waals surface area contributed by atoms with Gasteiger partial charge in [-0.3, -0.25) is 0 Å². The van der Waals surface area contributed by atoms with Crippen LogP contribution in [0.1, 0.15) is 5.56 Å². The van der Waals surface area contributed by atoms with Gasteiger partial charge in [-0.2, -0.15) is 5.10 Å². The minimum Gasteiger partial charge on any atom is -0.307 e. The Labute approximate surface area is 207 Å². The van der Waals surface area contributed by atoms with Crippen LogP contribution in [0.2, 0.25) is 0 Å². The Morgan fingerprint density at radius 3 is 1.47 bits per heavy atom. The van der Waals surface area contributed by atoms with Gasteiger partial charge in [0, 0.05) is 5.56 Å². The molecule has 0 bridgehead atoms. The Bertz CT molecular complexity index is 1670. The molecule has 1 aliphatic rings. The summed E-state index contributed by atoms with van der Waals surface area (Å²) in [5.41, 5.74) is -2.77. The molecule has 0 aliphatic carbocycles. The lowest BCUT2D eigenvalue weighted by molar-refractivity contribution is 0.383. The number of fused-ring (bicyclic) bond motifs is 1. The van der Waals surface area contributed by atoms with Crippen molar-refractivity contribution in [2.75, 3.05) is 5.01 Å². The van der Waals surface area contributed by atoms with E-state index in [0.29, 0.717) is 5.01 Å². The summed E-state index contributed by atoms with van der Waals surface area (Å²) >= 11 is 0. The van der Waals surface area contributed by atoms with Crippen LogP contribution in [0, 0.1) is 52.4 Å². The predicted molar refractivity (Wildman–Crippen MR) is 121 cm³/mol. The first-order valence-electron chi connectivity index (χ1n) is 10.5. The highest BCUT2D eigenvalue weighted by Gasteiger charge is 2.51. The zero-order chi connectivity index (χ0) is 27.5. The number of hydrogen-bond acceptors (Lipinski definition) is 3. The fourth-order valence-corrected chi connectivity index (χ4v) is 7.06. The molecule has 0 amide bonds. The molecule has 0 aromatic heterocycles. The minimum atomic E-state index is -5.82. The van der Waals surface area contributed by atoms with Gasteiger partial charge in [-0.1, -0.05) is 48.5 Å². The van der Waals surface area contributed by atoms with E-state index in [0.717, 1.165) is 12.1 Å². The molecule has 194 valence electrons. The molecular weight excluding hydrogens is 546 g/mol. The van der Waals surface area contributed by atoms with Crippen LogP contribution < -0.4 is 15.6 Å². The van der Waals surface area contributed by atoms with E-state index < -0.39 is 81.2 Å². The van der Waals surface area contributed by atoms with E-state index in [4.69, 9.17) is 0 Å². The second-order valence-electron chi connectivity index (χ2n) is 7.92. The maximum atomic E-state index is 15.5. The first-order valence-corrected chi connectivity index (χ1v) is 12.2. The van der Waals surface area contributed by atoms with E-state index in [9.17, 15) is 26.5 Å². The highest BCUT2D eigenvalue weighted by Crippen LogP contribution is 2.56. The number of halogens is 9. The third-order valence-corrected chi connectivity index (χ3v) is 8.78. The quantitative estimate of drug-likeness (QED) is 0.121. The van der Waals surface area contributed by atoms with E-state index in [1.54, 1.807) is 0 Å². The maximum absolute atomic E-state index is 15.5. The molecule has 0 fully saturated rings. The van der Waals surface area contributed by atoms with Gasteiger partial charge in [0.2, 0.25) is 13.0 Å². The monoisotopic (exact) mass is 556 g/mol. The van der Waals surface area contributed by atoms with E-state index in [1.165, 1.54) is 48.5 Å². The summed E-state index contributed by atoms with van der Waals surface area (Å²) in [7, 11) is -5.82. The topological polar surface area (TPSA) is 32.7 Å². The van der Waals surface area contributed by atoms with Crippen LogP contribution in [-0.2, 0) is 4.57 Å². The van der Waals surface area contributed by atoms with Crippen molar-refractivity contribution in [1.29, 1.82) is 0 Å². The van der Waals surface area contributed by atoms with Crippen molar-refractivity contribution in [2.45, 2.75) is 0 Å². The van der Waals surface area contributed by atoms with Crippen LogP contribution in [0.5, 0.6) is 0 Å². The largest absolute Gasteiger partial charge is 0.307 e. The summed E-state index contributed by atoms with van der Waals surface area (Å²) in [5, 5.41) is 0.704. The van der Waals surface area contributed by atoms with Crippen molar-refractivity contribution in [3.8, 4) is 0 Å². The zero-order valence-electron chi connectivity index (χ0n) is 18.4. The molecule has 1 unspecified atom stereocenters. The number of hydrazone groups is 1. The van der Waals surface area contributed by atoms with Gasteiger partial charge in [0.25, 0.3) is 0 Å². The molecule has 1 atom stereocenters. The summed E-state index contributed by atoms with van der Waals surface area (Å²) in [5.74, 6) is -22.4. The summed E-state index contributed by atoms with van der Waals surface area (Å²) < 4.78 is 147. The third-order valence-electron chi connectivity index (χ3n) is 5.77. The SMILES string of the molecule is O=P1(c2c(F)c(F)c(F)c(F)c2F)C(c2ccccc2)=NN(c2ccccc2)c2c(F)c(F)c(F)c(F)c21. The lowest BCUT2D eigenvalue weighted by Gasteiger charge is -2.34. The first-order chi connectivity index (χ1) is 18.0. The lowest BCUT2D eigenvalue weighted by Crippen LogP contribution is -2.39. The van der Waals surface area contributed by atoms with Crippen LogP contribution in [0.25, 0.3) is 0 Å².